The van der Waals surface area contributed by atoms with Crippen LogP contribution in [0.5, 0.6) is 0 Å². The van der Waals surface area contributed by atoms with Gasteiger partial charge in [-0.15, -0.1) is 0 Å². The van der Waals surface area contributed by atoms with Gasteiger partial charge in [-0.1, -0.05) is 31.9 Å². The van der Waals surface area contributed by atoms with E-state index in [1.165, 1.54) is 6.07 Å². The van der Waals surface area contributed by atoms with Gasteiger partial charge in [0.05, 0.1) is 5.02 Å². The predicted octanol–water partition coefficient (Wildman–Crippen LogP) is 3.30. The van der Waals surface area contributed by atoms with Gasteiger partial charge in [0.15, 0.2) is 0 Å². The summed E-state index contributed by atoms with van der Waals surface area (Å²) < 4.78 is 13.5. The van der Waals surface area contributed by atoms with E-state index in [9.17, 15) is 4.39 Å². The average molecular weight is 271 g/mol. The number of hydrogen-bond acceptors (Lipinski definition) is 2. The third-order valence-electron chi connectivity index (χ3n) is 3.80. The van der Waals surface area contributed by atoms with Crippen LogP contribution in [0.4, 0.5) is 10.1 Å². The Hall–Kier alpha value is -0.800. The molecule has 0 aliphatic carbocycles. The lowest BCUT2D eigenvalue weighted by Crippen LogP contribution is -2.53. The molecule has 0 radical (unpaired) electrons. The number of benzene rings is 1. The van der Waals surface area contributed by atoms with Crippen molar-refractivity contribution in [3.05, 3.63) is 29.0 Å². The summed E-state index contributed by atoms with van der Waals surface area (Å²) in [6.45, 7) is 7.24. The molecule has 0 bridgehead atoms. The third-order valence-corrected chi connectivity index (χ3v) is 4.11. The van der Waals surface area contributed by atoms with E-state index in [4.69, 9.17) is 11.6 Å². The summed E-state index contributed by atoms with van der Waals surface area (Å²) >= 11 is 5.72. The Bertz CT molecular complexity index is 411. The number of nitrogens with zero attached hydrogens (tertiary/aromatic N) is 1. The molecule has 1 fully saturated rings. The summed E-state index contributed by atoms with van der Waals surface area (Å²) in [6.07, 6.45) is 1.15. The second-order valence-corrected chi connectivity index (χ2v) is 5.40. The van der Waals surface area contributed by atoms with Crippen molar-refractivity contribution in [3.63, 3.8) is 0 Å². The minimum atomic E-state index is -0.340. The molecule has 2 unspecified atom stereocenters. The minimum Gasteiger partial charge on any atom is -0.369 e. The normalized spacial score (nSPS) is 22.0. The quantitative estimate of drug-likeness (QED) is 0.907. The van der Waals surface area contributed by atoms with Crippen LogP contribution in [0.3, 0.4) is 0 Å². The van der Waals surface area contributed by atoms with E-state index < -0.39 is 0 Å². The molecule has 2 atom stereocenters. The lowest BCUT2D eigenvalue weighted by atomic mass is 9.97. The third kappa shape index (κ3) is 2.96. The number of nitrogens with one attached hydrogen (secondary N) is 1. The van der Waals surface area contributed by atoms with E-state index in [0.29, 0.717) is 12.0 Å². The fourth-order valence-electron chi connectivity index (χ4n) is 2.36. The van der Waals surface area contributed by atoms with E-state index in [0.717, 1.165) is 31.7 Å². The molecule has 0 amide bonds. The summed E-state index contributed by atoms with van der Waals surface area (Å²) in [4.78, 5) is 2.23. The molecule has 0 spiro atoms. The maximum absolute atomic E-state index is 13.5. The highest BCUT2D eigenvalue weighted by Crippen LogP contribution is 2.24. The van der Waals surface area contributed by atoms with Crippen LogP contribution in [-0.4, -0.2) is 25.7 Å². The molecular weight excluding hydrogens is 251 g/mol. The van der Waals surface area contributed by atoms with Gasteiger partial charge in [-0.2, -0.15) is 0 Å². The molecule has 1 aromatic carbocycles. The van der Waals surface area contributed by atoms with E-state index in [1.54, 1.807) is 6.07 Å². The maximum Gasteiger partial charge on any atom is 0.143 e. The van der Waals surface area contributed by atoms with Crippen molar-refractivity contribution >= 4 is 17.3 Å². The first-order valence-corrected chi connectivity index (χ1v) is 6.93. The van der Waals surface area contributed by atoms with Gasteiger partial charge in [-0.25, -0.2) is 4.39 Å². The highest BCUT2D eigenvalue weighted by atomic mass is 35.5. The topological polar surface area (TPSA) is 15.3 Å². The van der Waals surface area contributed by atoms with Crippen LogP contribution < -0.4 is 10.2 Å². The molecule has 0 aromatic heterocycles. The van der Waals surface area contributed by atoms with Crippen LogP contribution in [0, 0.1) is 11.7 Å². The Morgan fingerprint density at radius 1 is 1.56 bits per heavy atom. The Morgan fingerprint density at radius 3 is 3.00 bits per heavy atom. The Balaban J connectivity index is 2.10. The van der Waals surface area contributed by atoms with Gasteiger partial charge in [0, 0.05) is 31.4 Å². The van der Waals surface area contributed by atoms with Gasteiger partial charge in [0.2, 0.25) is 0 Å². The van der Waals surface area contributed by atoms with Crippen LogP contribution in [0.1, 0.15) is 20.3 Å². The highest BCUT2D eigenvalue weighted by molar-refractivity contribution is 6.30. The lowest BCUT2D eigenvalue weighted by Gasteiger charge is -2.38. The zero-order valence-corrected chi connectivity index (χ0v) is 11.7. The van der Waals surface area contributed by atoms with E-state index in [2.05, 4.69) is 24.1 Å². The summed E-state index contributed by atoms with van der Waals surface area (Å²) in [5, 5.41) is 3.72. The first-order valence-electron chi connectivity index (χ1n) is 6.55. The van der Waals surface area contributed by atoms with Gasteiger partial charge in [0.25, 0.3) is 0 Å². The van der Waals surface area contributed by atoms with E-state index >= 15 is 0 Å². The maximum atomic E-state index is 13.5. The first kappa shape index (κ1) is 13.6. The number of halogens is 2. The molecule has 0 saturated carbocycles. The molecule has 1 aliphatic heterocycles. The molecule has 18 heavy (non-hydrogen) atoms. The van der Waals surface area contributed by atoms with Crippen LogP contribution in [0.15, 0.2) is 18.2 Å². The SMILES string of the molecule is CCC(C)C1CN(c2ccc(Cl)c(F)c2)CCN1. The van der Waals surface area contributed by atoms with Crippen LogP contribution >= 0.6 is 11.6 Å². The number of hydrogen-bond donors (Lipinski definition) is 1. The van der Waals surface area contributed by atoms with Gasteiger partial charge < -0.3 is 10.2 Å². The van der Waals surface area contributed by atoms with Crippen LogP contribution in [-0.2, 0) is 0 Å². The number of anilines is 1. The second kappa shape index (κ2) is 5.89. The van der Waals surface area contributed by atoms with Crippen molar-refractivity contribution in [2.45, 2.75) is 26.3 Å². The first-order chi connectivity index (χ1) is 8.61. The Kier molecular flexibility index (Phi) is 4.46. The molecule has 1 aliphatic rings. The van der Waals surface area contributed by atoms with Gasteiger partial charge >= 0.3 is 0 Å². The Labute approximate surface area is 113 Å². The van der Waals surface area contributed by atoms with Crippen molar-refractivity contribution < 1.29 is 4.39 Å². The van der Waals surface area contributed by atoms with E-state index in [1.807, 2.05) is 6.07 Å². The van der Waals surface area contributed by atoms with Crippen molar-refractivity contribution in [2.75, 3.05) is 24.5 Å². The molecule has 2 nitrogen and oxygen atoms in total. The lowest BCUT2D eigenvalue weighted by molar-refractivity contribution is 0.341. The molecular formula is C14H20ClFN2. The zero-order valence-electron chi connectivity index (χ0n) is 10.9. The average Bonchev–Trinajstić information content (AvgIpc) is 2.41. The summed E-state index contributed by atoms with van der Waals surface area (Å²) in [7, 11) is 0. The van der Waals surface area contributed by atoms with Gasteiger partial charge in [-0.3, -0.25) is 0 Å². The van der Waals surface area contributed by atoms with Crippen LogP contribution in [0.2, 0.25) is 5.02 Å². The summed E-state index contributed by atoms with van der Waals surface area (Å²) in [5.41, 5.74) is 0.923. The van der Waals surface area contributed by atoms with Gasteiger partial charge in [-0.05, 0) is 24.1 Å². The van der Waals surface area contributed by atoms with Gasteiger partial charge in [0.1, 0.15) is 5.82 Å². The van der Waals surface area contributed by atoms with E-state index in [-0.39, 0.29) is 10.8 Å². The Morgan fingerprint density at radius 2 is 2.33 bits per heavy atom. The van der Waals surface area contributed by atoms with Crippen molar-refractivity contribution in [3.8, 4) is 0 Å². The van der Waals surface area contributed by atoms with Crippen molar-refractivity contribution in [1.29, 1.82) is 0 Å². The summed E-state index contributed by atoms with van der Waals surface area (Å²) in [6, 6.07) is 5.53. The molecule has 1 saturated heterocycles. The molecule has 1 aromatic rings. The predicted molar refractivity (Wildman–Crippen MR) is 74.9 cm³/mol. The molecule has 4 heteroatoms. The summed E-state index contributed by atoms with van der Waals surface area (Å²) in [5.74, 6) is 0.290. The molecule has 100 valence electrons. The zero-order chi connectivity index (χ0) is 13.1. The molecule has 1 N–H and O–H groups in total. The largest absolute Gasteiger partial charge is 0.369 e. The van der Waals surface area contributed by atoms with Crippen molar-refractivity contribution in [2.24, 2.45) is 5.92 Å². The second-order valence-electron chi connectivity index (χ2n) is 4.99. The smallest absolute Gasteiger partial charge is 0.143 e. The van der Waals surface area contributed by atoms with Crippen molar-refractivity contribution in [1.82, 2.24) is 5.32 Å². The fraction of sp³-hybridized carbons (Fsp3) is 0.571. The molecule has 2 rings (SSSR count). The standard InChI is InChI=1S/C14H20ClFN2/c1-3-10(2)14-9-18(7-6-17-14)11-4-5-12(15)13(16)8-11/h4-5,8,10,14,17H,3,6-7,9H2,1-2H3. The fourth-order valence-corrected chi connectivity index (χ4v) is 2.48. The number of rotatable bonds is 3. The minimum absolute atomic E-state index is 0.187. The number of piperazine rings is 1. The molecule has 1 heterocycles. The van der Waals surface area contributed by atoms with Crippen LogP contribution in [0.25, 0.3) is 0 Å². The monoisotopic (exact) mass is 270 g/mol. The highest BCUT2D eigenvalue weighted by Gasteiger charge is 2.23.